The lowest BCUT2D eigenvalue weighted by atomic mass is 10.0. The lowest BCUT2D eigenvalue weighted by molar-refractivity contribution is 0.477. The molecule has 76 valence electrons. The molecular weight excluding hydrogens is 210 g/mol. The highest BCUT2D eigenvalue weighted by molar-refractivity contribution is 6.31. The summed E-state index contributed by atoms with van der Waals surface area (Å²) in [6.45, 7) is 1.95. The van der Waals surface area contributed by atoms with Crippen molar-refractivity contribution in [3.8, 4) is 16.9 Å². The first-order chi connectivity index (χ1) is 7.18. The molecule has 2 rings (SSSR count). The predicted octanol–water partition coefficient (Wildman–Crippen LogP) is 3.42. The largest absolute Gasteiger partial charge is 0.507 e. The molecule has 0 saturated carbocycles. The van der Waals surface area contributed by atoms with Crippen molar-refractivity contribution in [2.24, 2.45) is 0 Å². The molecule has 1 aromatic heterocycles. The number of phenolic OH excluding ortho intramolecular Hbond substituents is 1. The molecule has 0 aliphatic rings. The van der Waals surface area contributed by atoms with Gasteiger partial charge in [0.25, 0.3) is 0 Å². The lowest BCUT2D eigenvalue weighted by Gasteiger charge is -2.07. The summed E-state index contributed by atoms with van der Waals surface area (Å²) in [4.78, 5) is 4.01. The van der Waals surface area contributed by atoms with Gasteiger partial charge in [-0.3, -0.25) is 4.98 Å². The van der Waals surface area contributed by atoms with E-state index in [0.29, 0.717) is 5.02 Å². The van der Waals surface area contributed by atoms with E-state index >= 15 is 0 Å². The van der Waals surface area contributed by atoms with Crippen LogP contribution in [0.2, 0.25) is 5.02 Å². The van der Waals surface area contributed by atoms with Crippen LogP contribution in [0.1, 0.15) is 5.56 Å². The maximum Gasteiger partial charge on any atom is 0.123 e. The van der Waals surface area contributed by atoms with E-state index in [4.69, 9.17) is 11.6 Å². The summed E-state index contributed by atoms with van der Waals surface area (Å²) >= 11 is 5.89. The fourth-order valence-electron chi connectivity index (χ4n) is 1.50. The maximum absolute atomic E-state index is 9.73. The topological polar surface area (TPSA) is 33.1 Å². The van der Waals surface area contributed by atoms with Gasteiger partial charge in [-0.25, -0.2) is 0 Å². The summed E-state index contributed by atoms with van der Waals surface area (Å²) in [5.74, 6) is 0.230. The van der Waals surface area contributed by atoms with E-state index < -0.39 is 0 Å². The van der Waals surface area contributed by atoms with Crippen molar-refractivity contribution in [1.82, 2.24) is 4.98 Å². The number of phenols is 1. The number of hydrogen-bond acceptors (Lipinski definition) is 2. The number of nitrogens with zero attached hydrogens (tertiary/aromatic N) is 1. The maximum atomic E-state index is 9.73. The van der Waals surface area contributed by atoms with Crippen LogP contribution in [0, 0.1) is 6.92 Å². The quantitative estimate of drug-likeness (QED) is 0.797. The Morgan fingerprint density at radius 2 is 2.00 bits per heavy atom. The first-order valence-corrected chi connectivity index (χ1v) is 4.96. The third-order valence-electron chi connectivity index (χ3n) is 2.27. The number of benzene rings is 1. The summed E-state index contributed by atoms with van der Waals surface area (Å²) in [6.07, 6.45) is 3.46. The highest BCUT2D eigenvalue weighted by Crippen LogP contribution is 2.32. The summed E-state index contributed by atoms with van der Waals surface area (Å²) in [5.41, 5.74) is 2.70. The second-order valence-corrected chi connectivity index (χ2v) is 3.79. The third-order valence-corrected chi connectivity index (χ3v) is 2.50. The smallest absolute Gasteiger partial charge is 0.123 e. The Labute approximate surface area is 93.2 Å². The number of hydrogen-bond donors (Lipinski definition) is 1. The zero-order valence-electron chi connectivity index (χ0n) is 8.24. The van der Waals surface area contributed by atoms with Crippen LogP contribution in [-0.2, 0) is 0 Å². The molecule has 0 unspecified atom stereocenters. The third kappa shape index (κ3) is 1.95. The zero-order chi connectivity index (χ0) is 10.8. The fraction of sp³-hybridized carbons (Fsp3) is 0.0833. The van der Waals surface area contributed by atoms with Gasteiger partial charge in [0, 0.05) is 23.0 Å². The predicted molar refractivity (Wildman–Crippen MR) is 61.1 cm³/mol. The van der Waals surface area contributed by atoms with Gasteiger partial charge in [-0.15, -0.1) is 0 Å². The molecule has 0 radical (unpaired) electrons. The number of aryl methyl sites for hydroxylation is 1. The molecule has 1 aromatic carbocycles. The van der Waals surface area contributed by atoms with Crippen molar-refractivity contribution in [1.29, 1.82) is 0 Å². The first-order valence-electron chi connectivity index (χ1n) is 4.58. The van der Waals surface area contributed by atoms with Crippen LogP contribution in [0.3, 0.4) is 0 Å². The van der Waals surface area contributed by atoms with Gasteiger partial charge in [-0.2, -0.15) is 0 Å². The van der Waals surface area contributed by atoms with Crippen molar-refractivity contribution in [3.63, 3.8) is 0 Å². The minimum absolute atomic E-state index is 0.230. The van der Waals surface area contributed by atoms with E-state index in [1.54, 1.807) is 30.6 Å². The summed E-state index contributed by atoms with van der Waals surface area (Å²) < 4.78 is 0. The minimum Gasteiger partial charge on any atom is -0.507 e. The molecule has 0 fully saturated rings. The fourth-order valence-corrected chi connectivity index (χ4v) is 1.67. The van der Waals surface area contributed by atoms with Gasteiger partial charge < -0.3 is 5.11 Å². The molecule has 0 bridgehead atoms. The van der Waals surface area contributed by atoms with Crippen molar-refractivity contribution >= 4 is 11.6 Å². The van der Waals surface area contributed by atoms with E-state index in [1.165, 1.54) is 0 Å². The van der Waals surface area contributed by atoms with Gasteiger partial charge >= 0.3 is 0 Å². The van der Waals surface area contributed by atoms with Gasteiger partial charge in [-0.1, -0.05) is 11.6 Å². The SMILES string of the molecule is Cc1cnccc1-c1cc(Cl)ccc1O. The highest BCUT2D eigenvalue weighted by atomic mass is 35.5. The molecule has 2 nitrogen and oxygen atoms in total. The van der Waals surface area contributed by atoms with Crippen molar-refractivity contribution < 1.29 is 5.11 Å². The average molecular weight is 220 g/mol. The van der Waals surface area contributed by atoms with Crippen LogP contribution in [0.5, 0.6) is 5.75 Å². The number of aromatic hydroxyl groups is 1. The van der Waals surface area contributed by atoms with Crippen molar-refractivity contribution in [3.05, 3.63) is 47.2 Å². The van der Waals surface area contributed by atoms with Gasteiger partial charge in [0.1, 0.15) is 5.75 Å². The van der Waals surface area contributed by atoms with Crippen LogP contribution < -0.4 is 0 Å². The summed E-state index contributed by atoms with van der Waals surface area (Å²) in [7, 11) is 0. The van der Waals surface area contributed by atoms with Crippen molar-refractivity contribution in [2.45, 2.75) is 6.92 Å². The number of halogens is 1. The van der Waals surface area contributed by atoms with Gasteiger partial charge in [0.05, 0.1) is 0 Å². The van der Waals surface area contributed by atoms with E-state index in [0.717, 1.165) is 16.7 Å². The average Bonchev–Trinajstić information content (AvgIpc) is 2.23. The van der Waals surface area contributed by atoms with E-state index in [-0.39, 0.29) is 5.75 Å². The summed E-state index contributed by atoms with van der Waals surface area (Å²) in [6, 6.07) is 6.87. The van der Waals surface area contributed by atoms with Crippen molar-refractivity contribution in [2.75, 3.05) is 0 Å². The zero-order valence-corrected chi connectivity index (χ0v) is 8.99. The van der Waals surface area contributed by atoms with Gasteiger partial charge in [0.15, 0.2) is 0 Å². The monoisotopic (exact) mass is 219 g/mol. The Kier molecular flexibility index (Phi) is 2.60. The number of pyridine rings is 1. The van der Waals surface area contributed by atoms with Gasteiger partial charge in [0.2, 0.25) is 0 Å². The molecule has 1 N–H and O–H groups in total. The molecule has 1 heterocycles. The Hall–Kier alpha value is -1.54. The molecule has 0 aliphatic heterocycles. The normalized spacial score (nSPS) is 10.3. The number of aromatic nitrogens is 1. The Bertz CT molecular complexity index is 497. The molecule has 15 heavy (non-hydrogen) atoms. The first kappa shape index (κ1) is 9.99. The second-order valence-electron chi connectivity index (χ2n) is 3.35. The second kappa shape index (κ2) is 3.91. The molecule has 0 aliphatic carbocycles. The van der Waals surface area contributed by atoms with E-state index in [2.05, 4.69) is 4.98 Å². The van der Waals surface area contributed by atoms with E-state index in [1.807, 2.05) is 13.0 Å². The number of rotatable bonds is 1. The van der Waals surface area contributed by atoms with Crippen LogP contribution in [0.25, 0.3) is 11.1 Å². The molecular formula is C12H10ClNO. The Balaban J connectivity index is 2.64. The molecule has 0 spiro atoms. The molecule has 0 atom stereocenters. The van der Waals surface area contributed by atoms with Crippen LogP contribution in [0.4, 0.5) is 0 Å². The molecule has 3 heteroatoms. The Morgan fingerprint density at radius 1 is 1.20 bits per heavy atom. The van der Waals surface area contributed by atoms with E-state index in [9.17, 15) is 5.11 Å². The molecule has 2 aromatic rings. The lowest BCUT2D eigenvalue weighted by Crippen LogP contribution is -1.85. The molecule has 0 amide bonds. The van der Waals surface area contributed by atoms with Gasteiger partial charge in [-0.05, 0) is 42.3 Å². The van der Waals surface area contributed by atoms with Crippen LogP contribution >= 0.6 is 11.6 Å². The molecule has 0 saturated heterocycles. The Morgan fingerprint density at radius 3 is 2.73 bits per heavy atom. The minimum atomic E-state index is 0.230. The standard InChI is InChI=1S/C12H10ClNO/c1-8-7-14-5-4-10(8)11-6-9(13)2-3-12(11)15/h2-7,15H,1H3. The summed E-state index contributed by atoms with van der Waals surface area (Å²) in [5, 5.41) is 10.3. The van der Waals surface area contributed by atoms with Crippen LogP contribution in [0.15, 0.2) is 36.7 Å². The van der Waals surface area contributed by atoms with Crippen LogP contribution in [-0.4, -0.2) is 10.1 Å². The highest BCUT2D eigenvalue weighted by Gasteiger charge is 2.07.